The number of anilines is 1. The number of aromatic nitrogens is 1. The zero-order valence-corrected chi connectivity index (χ0v) is 11.4. The molecule has 0 amide bonds. The maximum Gasteiger partial charge on any atom is 0.139 e. The highest BCUT2D eigenvalue weighted by Crippen LogP contribution is 2.36. The fourth-order valence-corrected chi connectivity index (χ4v) is 2.43. The molecule has 98 valence electrons. The van der Waals surface area contributed by atoms with Crippen LogP contribution in [-0.4, -0.2) is 10.8 Å². The number of amidine groups is 1. The van der Waals surface area contributed by atoms with Gasteiger partial charge < -0.3 is 5.32 Å². The van der Waals surface area contributed by atoms with E-state index in [4.69, 9.17) is 4.99 Å². The molecule has 0 fully saturated rings. The van der Waals surface area contributed by atoms with Gasteiger partial charge in [0.25, 0.3) is 0 Å². The quantitative estimate of drug-likeness (QED) is 0.727. The molecular formula is C16H12ClN3. The SMILES string of the molecule is Cl.c1cncc(C2=Nc3cccc4cccc(c34)N2)c1. The summed E-state index contributed by atoms with van der Waals surface area (Å²) in [4.78, 5) is 8.84. The van der Waals surface area contributed by atoms with Crippen molar-refractivity contribution in [1.82, 2.24) is 4.98 Å². The van der Waals surface area contributed by atoms with Gasteiger partial charge in [0.2, 0.25) is 0 Å². The summed E-state index contributed by atoms with van der Waals surface area (Å²) in [5, 5.41) is 5.77. The first-order valence-corrected chi connectivity index (χ1v) is 6.20. The Morgan fingerprint density at radius 3 is 2.55 bits per heavy atom. The molecule has 1 aliphatic heterocycles. The van der Waals surface area contributed by atoms with Crippen molar-refractivity contribution in [3.05, 3.63) is 66.5 Å². The summed E-state index contributed by atoms with van der Waals surface area (Å²) in [6.07, 6.45) is 3.58. The van der Waals surface area contributed by atoms with Gasteiger partial charge in [-0.3, -0.25) is 4.98 Å². The van der Waals surface area contributed by atoms with Gasteiger partial charge in [0.05, 0.1) is 5.69 Å². The first-order chi connectivity index (χ1) is 9.42. The number of nitrogens with one attached hydrogen (secondary N) is 1. The highest BCUT2D eigenvalue weighted by Gasteiger charge is 2.14. The molecule has 4 heteroatoms. The summed E-state index contributed by atoms with van der Waals surface area (Å²) in [5.41, 5.74) is 3.10. The van der Waals surface area contributed by atoms with Gasteiger partial charge in [0, 0.05) is 29.0 Å². The second-order valence-electron chi connectivity index (χ2n) is 4.51. The summed E-state index contributed by atoms with van der Waals surface area (Å²) in [6.45, 7) is 0. The molecule has 1 N–H and O–H groups in total. The molecule has 2 heterocycles. The van der Waals surface area contributed by atoms with Gasteiger partial charge in [-0.2, -0.15) is 0 Å². The van der Waals surface area contributed by atoms with Crippen molar-refractivity contribution >= 4 is 40.4 Å². The second-order valence-corrected chi connectivity index (χ2v) is 4.51. The Morgan fingerprint density at radius 2 is 1.75 bits per heavy atom. The molecule has 4 rings (SSSR count). The molecule has 0 saturated carbocycles. The molecule has 0 atom stereocenters. The molecular weight excluding hydrogens is 270 g/mol. The van der Waals surface area contributed by atoms with Crippen LogP contribution in [0.25, 0.3) is 10.8 Å². The molecule has 0 saturated heterocycles. The topological polar surface area (TPSA) is 37.3 Å². The van der Waals surface area contributed by atoms with Crippen molar-refractivity contribution in [1.29, 1.82) is 0 Å². The highest BCUT2D eigenvalue weighted by atomic mass is 35.5. The van der Waals surface area contributed by atoms with Gasteiger partial charge in [-0.25, -0.2) is 4.99 Å². The minimum Gasteiger partial charge on any atom is -0.339 e. The van der Waals surface area contributed by atoms with Crippen molar-refractivity contribution in [2.75, 3.05) is 5.32 Å². The highest BCUT2D eigenvalue weighted by molar-refractivity contribution is 6.18. The average molecular weight is 282 g/mol. The lowest BCUT2D eigenvalue weighted by Gasteiger charge is -2.18. The lowest BCUT2D eigenvalue weighted by atomic mass is 10.0. The van der Waals surface area contributed by atoms with E-state index in [0.717, 1.165) is 22.8 Å². The fourth-order valence-electron chi connectivity index (χ4n) is 2.43. The molecule has 1 aromatic heterocycles. The first-order valence-electron chi connectivity index (χ1n) is 6.20. The van der Waals surface area contributed by atoms with Crippen molar-refractivity contribution in [2.24, 2.45) is 4.99 Å². The molecule has 0 radical (unpaired) electrons. The lowest BCUT2D eigenvalue weighted by molar-refractivity contribution is 1.31. The van der Waals surface area contributed by atoms with E-state index < -0.39 is 0 Å². The van der Waals surface area contributed by atoms with Crippen molar-refractivity contribution < 1.29 is 0 Å². The van der Waals surface area contributed by atoms with E-state index in [1.807, 2.05) is 30.5 Å². The third-order valence-corrected chi connectivity index (χ3v) is 3.30. The van der Waals surface area contributed by atoms with Crippen LogP contribution in [-0.2, 0) is 0 Å². The third kappa shape index (κ3) is 1.92. The number of aliphatic imine (C=N–C) groups is 1. The maximum absolute atomic E-state index is 4.70. The van der Waals surface area contributed by atoms with E-state index in [0.29, 0.717) is 0 Å². The molecule has 0 spiro atoms. The van der Waals surface area contributed by atoms with E-state index >= 15 is 0 Å². The Labute approximate surface area is 122 Å². The summed E-state index contributed by atoms with van der Waals surface area (Å²) >= 11 is 0. The Balaban J connectivity index is 0.00000121. The van der Waals surface area contributed by atoms with Gasteiger partial charge in [0.15, 0.2) is 0 Å². The smallest absolute Gasteiger partial charge is 0.139 e. The van der Waals surface area contributed by atoms with Gasteiger partial charge in [-0.15, -0.1) is 12.4 Å². The Hall–Kier alpha value is -2.39. The van der Waals surface area contributed by atoms with Crippen LogP contribution in [0.2, 0.25) is 0 Å². The fraction of sp³-hybridized carbons (Fsp3) is 0. The zero-order valence-electron chi connectivity index (χ0n) is 10.6. The van der Waals surface area contributed by atoms with E-state index in [-0.39, 0.29) is 12.4 Å². The van der Waals surface area contributed by atoms with Crippen molar-refractivity contribution in [3.8, 4) is 0 Å². The summed E-state index contributed by atoms with van der Waals surface area (Å²) in [5.74, 6) is 0.847. The lowest BCUT2D eigenvalue weighted by Crippen LogP contribution is -2.16. The Bertz CT molecular complexity index is 792. The van der Waals surface area contributed by atoms with E-state index in [9.17, 15) is 0 Å². The van der Waals surface area contributed by atoms with Crippen LogP contribution in [0.15, 0.2) is 65.9 Å². The normalized spacial score (nSPS) is 12.3. The van der Waals surface area contributed by atoms with Gasteiger partial charge >= 0.3 is 0 Å². The first kappa shape index (κ1) is 12.6. The second kappa shape index (κ2) is 4.94. The molecule has 3 nitrogen and oxygen atoms in total. The van der Waals surface area contributed by atoms with E-state index in [1.54, 1.807) is 6.20 Å². The number of nitrogens with zero attached hydrogens (tertiary/aromatic N) is 2. The third-order valence-electron chi connectivity index (χ3n) is 3.30. The van der Waals surface area contributed by atoms with Crippen LogP contribution in [0.1, 0.15) is 5.56 Å². The molecule has 0 aliphatic carbocycles. The minimum atomic E-state index is 0. The maximum atomic E-state index is 4.70. The Kier molecular flexibility index (Phi) is 3.12. The van der Waals surface area contributed by atoms with E-state index in [1.165, 1.54) is 10.8 Å². The monoisotopic (exact) mass is 281 g/mol. The molecule has 1 aliphatic rings. The minimum absolute atomic E-state index is 0. The van der Waals surface area contributed by atoms with Crippen LogP contribution in [0.4, 0.5) is 11.4 Å². The van der Waals surface area contributed by atoms with Gasteiger partial charge in [-0.1, -0.05) is 24.3 Å². The zero-order chi connectivity index (χ0) is 12.7. The Morgan fingerprint density at radius 1 is 0.900 bits per heavy atom. The average Bonchev–Trinajstić information content (AvgIpc) is 2.49. The number of rotatable bonds is 1. The van der Waals surface area contributed by atoms with Crippen LogP contribution < -0.4 is 5.32 Å². The predicted octanol–water partition coefficient (Wildman–Crippen LogP) is 4.16. The summed E-state index contributed by atoms with van der Waals surface area (Å²) < 4.78 is 0. The molecule has 0 unspecified atom stereocenters. The number of hydrogen-bond acceptors (Lipinski definition) is 3. The van der Waals surface area contributed by atoms with Crippen LogP contribution in [0.5, 0.6) is 0 Å². The van der Waals surface area contributed by atoms with Crippen LogP contribution in [0, 0.1) is 0 Å². The van der Waals surface area contributed by atoms with Crippen LogP contribution >= 0.6 is 12.4 Å². The van der Waals surface area contributed by atoms with Gasteiger partial charge in [0.1, 0.15) is 5.84 Å². The molecule has 2 aromatic carbocycles. The number of pyridine rings is 1. The molecule has 20 heavy (non-hydrogen) atoms. The standard InChI is InChI=1S/C16H11N3.ClH/c1-4-11-5-2-8-14-15(11)13(7-1)18-16(19-14)12-6-3-9-17-10-12;/h1-10H,(H,18,19);1H. The van der Waals surface area contributed by atoms with E-state index in [2.05, 4.69) is 34.6 Å². The molecule has 3 aromatic rings. The predicted molar refractivity (Wildman–Crippen MR) is 85.3 cm³/mol. The number of hydrogen-bond donors (Lipinski definition) is 1. The van der Waals surface area contributed by atoms with Crippen LogP contribution in [0.3, 0.4) is 0 Å². The van der Waals surface area contributed by atoms with Crippen molar-refractivity contribution in [2.45, 2.75) is 0 Å². The van der Waals surface area contributed by atoms with Crippen molar-refractivity contribution in [3.63, 3.8) is 0 Å². The van der Waals surface area contributed by atoms with Gasteiger partial charge in [-0.05, 0) is 29.7 Å². The summed E-state index contributed by atoms with van der Waals surface area (Å²) in [6, 6.07) is 16.4. The largest absolute Gasteiger partial charge is 0.339 e. The summed E-state index contributed by atoms with van der Waals surface area (Å²) in [7, 11) is 0. The molecule has 0 bridgehead atoms. The number of halogens is 1. The number of benzene rings is 2.